The molecule has 10 heteroatoms. The van der Waals surface area contributed by atoms with Gasteiger partial charge < -0.3 is 28.4 Å². The third kappa shape index (κ3) is 5.42. The molecule has 0 amide bonds. The minimum absolute atomic E-state index is 0.0355. The van der Waals surface area contributed by atoms with Gasteiger partial charge in [0.25, 0.3) is 0 Å². The summed E-state index contributed by atoms with van der Waals surface area (Å²) in [5.41, 5.74) is -3.32. The minimum Gasteiger partial charge on any atom is -0.461 e. The Labute approximate surface area is 299 Å². The van der Waals surface area contributed by atoms with E-state index in [0.717, 1.165) is 6.42 Å². The molecule has 5 fully saturated rings. The van der Waals surface area contributed by atoms with Gasteiger partial charge in [-0.25, -0.2) is 9.59 Å². The van der Waals surface area contributed by atoms with E-state index in [4.69, 9.17) is 28.4 Å². The van der Waals surface area contributed by atoms with E-state index >= 15 is 0 Å². The molecule has 4 aliphatic carbocycles. The van der Waals surface area contributed by atoms with Crippen LogP contribution in [0.1, 0.15) is 88.4 Å². The fraction of sp³-hybridized carbons (Fsp3) is 0.610. The molecule has 51 heavy (non-hydrogen) atoms. The van der Waals surface area contributed by atoms with Gasteiger partial charge in [-0.3, -0.25) is 9.59 Å². The van der Waals surface area contributed by atoms with Crippen molar-refractivity contribution in [1.29, 1.82) is 0 Å². The normalized spacial score (nSPS) is 39.7. The lowest BCUT2D eigenvalue weighted by Gasteiger charge is -2.51. The van der Waals surface area contributed by atoms with E-state index in [1.165, 1.54) is 13.8 Å². The quantitative estimate of drug-likeness (QED) is 0.220. The average Bonchev–Trinajstić information content (AvgIpc) is 3.34. The zero-order valence-electron chi connectivity index (χ0n) is 30.6. The van der Waals surface area contributed by atoms with Gasteiger partial charge in [0.1, 0.15) is 17.8 Å². The molecule has 0 radical (unpaired) electrons. The van der Waals surface area contributed by atoms with Gasteiger partial charge in [-0.15, -0.1) is 0 Å². The fourth-order valence-corrected chi connectivity index (χ4v) is 11.1. The van der Waals surface area contributed by atoms with E-state index in [-0.39, 0.29) is 36.2 Å². The number of ether oxygens (including phenoxy) is 6. The van der Waals surface area contributed by atoms with Crippen molar-refractivity contribution in [2.75, 3.05) is 13.2 Å². The van der Waals surface area contributed by atoms with Crippen LogP contribution < -0.4 is 0 Å². The van der Waals surface area contributed by atoms with Crippen LogP contribution in [0.2, 0.25) is 0 Å². The molecule has 2 bridgehead atoms. The number of carbonyl (C=O) groups is 4. The smallest absolute Gasteiger partial charge is 0.338 e. The summed E-state index contributed by atoms with van der Waals surface area (Å²) in [5.74, 6) is -3.40. The predicted octanol–water partition coefficient (Wildman–Crippen LogP) is 6.20. The summed E-state index contributed by atoms with van der Waals surface area (Å²) in [6.07, 6.45) is -1.89. The number of hydrogen-bond donors (Lipinski definition) is 0. The van der Waals surface area contributed by atoms with E-state index in [9.17, 15) is 19.2 Å². The highest BCUT2D eigenvalue weighted by molar-refractivity contribution is 5.90. The van der Waals surface area contributed by atoms with Crippen molar-refractivity contribution in [3.05, 3.63) is 71.8 Å². The van der Waals surface area contributed by atoms with Crippen LogP contribution >= 0.6 is 0 Å². The highest BCUT2D eigenvalue weighted by atomic mass is 16.6. The molecular formula is C41H50O10. The Balaban J connectivity index is 1.48. The molecule has 1 saturated heterocycles. The van der Waals surface area contributed by atoms with Crippen molar-refractivity contribution in [3.63, 3.8) is 0 Å². The van der Waals surface area contributed by atoms with Crippen LogP contribution in [-0.2, 0) is 38.0 Å². The summed E-state index contributed by atoms with van der Waals surface area (Å²) in [4.78, 5) is 54.9. The second-order valence-electron chi connectivity index (χ2n) is 16.3. The van der Waals surface area contributed by atoms with Gasteiger partial charge in [-0.2, -0.15) is 0 Å². The lowest BCUT2D eigenvalue weighted by molar-refractivity contribution is -0.240. The first kappa shape index (κ1) is 35.6. The van der Waals surface area contributed by atoms with E-state index < -0.39 is 76.7 Å². The molecule has 2 aromatic carbocycles. The summed E-state index contributed by atoms with van der Waals surface area (Å²) in [6.45, 7) is 13.6. The van der Waals surface area contributed by atoms with Crippen molar-refractivity contribution in [2.24, 2.45) is 40.4 Å². The summed E-state index contributed by atoms with van der Waals surface area (Å²) >= 11 is 0. The second-order valence-corrected chi connectivity index (χ2v) is 16.3. The maximum absolute atomic E-state index is 14.2. The van der Waals surface area contributed by atoms with Crippen LogP contribution in [0.25, 0.3) is 0 Å². The van der Waals surface area contributed by atoms with Crippen molar-refractivity contribution in [3.8, 4) is 0 Å². The molecule has 10 nitrogen and oxygen atoms in total. The molecule has 0 aromatic heterocycles. The van der Waals surface area contributed by atoms with E-state index in [0.29, 0.717) is 24.2 Å². The van der Waals surface area contributed by atoms with Crippen LogP contribution in [0.3, 0.4) is 0 Å². The van der Waals surface area contributed by atoms with Crippen molar-refractivity contribution < 1.29 is 47.6 Å². The Kier molecular flexibility index (Phi) is 8.89. The lowest BCUT2D eigenvalue weighted by atomic mass is 9.57. The van der Waals surface area contributed by atoms with Crippen LogP contribution in [0, 0.1) is 40.4 Å². The first-order valence-corrected chi connectivity index (χ1v) is 18.4. The number of carbonyl (C=O) groups excluding carboxylic acids is 4. The first-order valence-electron chi connectivity index (χ1n) is 18.4. The SMILES string of the molecule is CCCO[C@@H]1[C@@H]2[C@@H](OC(C)=O)[C@@]34CO[C@@](C)([C@@H](OC(=O)c5ccccc5)[C@@]2(OC(C)=O)C[C@@H]1C)[C@@H]3[C@@H]1[C@H](C[C@H]4OC(=O)c2ccccc2)C1(C)C. The van der Waals surface area contributed by atoms with Gasteiger partial charge >= 0.3 is 23.9 Å². The molecular weight excluding hydrogens is 652 g/mol. The first-order chi connectivity index (χ1) is 24.2. The van der Waals surface area contributed by atoms with Crippen LogP contribution in [-0.4, -0.2) is 72.7 Å². The molecule has 1 heterocycles. The van der Waals surface area contributed by atoms with Crippen molar-refractivity contribution in [2.45, 2.75) is 103 Å². The highest BCUT2D eigenvalue weighted by Crippen LogP contribution is 2.79. The molecule has 2 aromatic rings. The second kappa shape index (κ2) is 12.7. The third-order valence-corrected chi connectivity index (χ3v) is 13.0. The molecule has 1 aliphatic heterocycles. The summed E-state index contributed by atoms with van der Waals surface area (Å²) < 4.78 is 40.1. The fourth-order valence-electron chi connectivity index (χ4n) is 11.1. The number of hydrogen-bond acceptors (Lipinski definition) is 10. The zero-order chi connectivity index (χ0) is 36.5. The highest BCUT2D eigenvalue weighted by Gasteiger charge is 2.86. The standard InChI is InChI=1S/C41H50O10/c1-8-19-46-32-23(2)21-41(51-25(4)43)31(32)34(48-24(3)42)40-22-47-39(7,37(41)50-36(45)27-17-13-10-14-18-27)33(40)30-28(38(30,5)6)20-29(40)49-35(44)26-15-11-9-12-16-26/h9-18,23,28-34,37H,8,19-22H2,1-7H3/t23-,28-,29+,30-,31+,32-,33-,34+,37+,39+,40+,41+/m0/s1. The van der Waals surface area contributed by atoms with E-state index in [1.54, 1.807) is 48.5 Å². The molecule has 0 N–H and O–H groups in total. The molecule has 7 rings (SSSR count). The average molecular weight is 703 g/mol. The van der Waals surface area contributed by atoms with Gasteiger partial charge in [0, 0.05) is 26.4 Å². The Morgan fingerprint density at radius 3 is 2.00 bits per heavy atom. The molecule has 4 saturated carbocycles. The van der Waals surface area contributed by atoms with Crippen molar-refractivity contribution >= 4 is 23.9 Å². The lowest BCUT2D eigenvalue weighted by Crippen LogP contribution is -2.64. The molecule has 5 aliphatic rings. The monoisotopic (exact) mass is 702 g/mol. The van der Waals surface area contributed by atoms with Gasteiger partial charge in [0.15, 0.2) is 11.7 Å². The van der Waals surface area contributed by atoms with Crippen LogP contribution in [0.15, 0.2) is 60.7 Å². The molecule has 12 atom stereocenters. The Bertz CT molecular complexity index is 1680. The number of rotatable bonds is 9. The topological polar surface area (TPSA) is 124 Å². The van der Waals surface area contributed by atoms with Gasteiger partial charge in [-0.05, 0) is 73.6 Å². The third-order valence-electron chi connectivity index (χ3n) is 13.0. The number of esters is 4. The largest absolute Gasteiger partial charge is 0.461 e. The maximum atomic E-state index is 14.2. The molecule has 0 spiro atoms. The van der Waals surface area contributed by atoms with Gasteiger partial charge in [0.2, 0.25) is 0 Å². The van der Waals surface area contributed by atoms with Gasteiger partial charge in [0.05, 0.1) is 35.2 Å². The summed E-state index contributed by atoms with van der Waals surface area (Å²) in [5, 5.41) is 0. The van der Waals surface area contributed by atoms with Crippen LogP contribution in [0.4, 0.5) is 0 Å². The number of fused-ring (bicyclic) bond motifs is 2. The Morgan fingerprint density at radius 1 is 0.824 bits per heavy atom. The number of benzene rings is 2. The maximum Gasteiger partial charge on any atom is 0.338 e. The van der Waals surface area contributed by atoms with Crippen LogP contribution in [0.5, 0.6) is 0 Å². The Hall–Kier alpha value is -3.76. The molecule has 274 valence electrons. The van der Waals surface area contributed by atoms with Crippen molar-refractivity contribution in [1.82, 2.24) is 0 Å². The van der Waals surface area contributed by atoms with E-state index in [1.807, 2.05) is 32.9 Å². The van der Waals surface area contributed by atoms with Gasteiger partial charge in [-0.1, -0.05) is 64.1 Å². The minimum atomic E-state index is -1.52. The summed E-state index contributed by atoms with van der Waals surface area (Å²) in [6, 6.07) is 17.6. The van der Waals surface area contributed by atoms with E-state index in [2.05, 4.69) is 13.8 Å². The summed E-state index contributed by atoms with van der Waals surface area (Å²) in [7, 11) is 0. The molecule has 0 unspecified atom stereocenters. The zero-order valence-corrected chi connectivity index (χ0v) is 30.6. The Morgan fingerprint density at radius 2 is 1.43 bits per heavy atom. The predicted molar refractivity (Wildman–Crippen MR) is 184 cm³/mol.